The minimum absolute atomic E-state index is 0.0201. The minimum Gasteiger partial charge on any atom is -0.395 e. The van der Waals surface area contributed by atoms with E-state index >= 15 is 0 Å². The highest BCUT2D eigenvalue weighted by Gasteiger charge is 2.08. The number of nitrogens with two attached hydrogens (primary N) is 1. The molecular weight excluding hydrogens is 232 g/mol. The van der Waals surface area contributed by atoms with Gasteiger partial charge in [-0.25, -0.2) is 0 Å². The molecule has 0 radical (unpaired) electrons. The molecule has 0 spiro atoms. The maximum atomic E-state index is 11.0. The van der Waals surface area contributed by atoms with E-state index in [1.54, 1.807) is 19.2 Å². The lowest BCUT2D eigenvalue weighted by atomic mass is 10.0. The highest BCUT2D eigenvalue weighted by atomic mass is 16.5. The number of hydrogen-bond donors (Lipinski definition) is 3. The SMILES string of the molecule is COCC(CO)NCc1ccc(C(N)=O)cc1C. The summed E-state index contributed by atoms with van der Waals surface area (Å²) in [6.07, 6.45) is 0. The Bertz CT molecular complexity index is 407. The van der Waals surface area contributed by atoms with Crippen LogP contribution in [0.3, 0.4) is 0 Å². The van der Waals surface area contributed by atoms with E-state index in [9.17, 15) is 4.79 Å². The number of amides is 1. The summed E-state index contributed by atoms with van der Waals surface area (Å²) in [6, 6.07) is 5.24. The monoisotopic (exact) mass is 252 g/mol. The van der Waals surface area contributed by atoms with Crippen LogP contribution in [0, 0.1) is 6.92 Å². The first-order valence-corrected chi connectivity index (χ1v) is 5.81. The molecule has 5 heteroatoms. The van der Waals surface area contributed by atoms with E-state index < -0.39 is 5.91 Å². The molecule has 0 aliphatic heterocycles. The van der Waals surface area contributed by atoms with Crippen LogP contribution in [0.5, 0.6) is 0 Å². The minimum atomic E-state index is -0.426. The van der Waals surface area contributed by atoms with Crippen molar-refractivity contribution in [2.24, 2.45) is 5.73 Å². The molecule has 1 unspecified atom stereocenters. The van der Waals surface area contributed by atoms with Crippen LogP contribution in [0.1, 0.15) is 21.5 Å². The van der Waals surface area contributed by atoms with Gasteiger partial charge in [0.25, 0.3) is 0 Å². The number of carbonyl (C=O) groups is 1. The zero-order chi connectivity index (χ0) is 13.5. The van der Waals surface area contributed by atoms with Crippen LogP contribution in [-0.4, -0.2) is 37.4 Å². The van der Waals surface area contributed by atoms with Gasteiger partial charge in [-0.15, -0.1) is 0 Å². The fourth-order valence-corrected chi connectivity index (χ4v) is 1.68. The number of benzene rings is 1. The molecule has 0 heterocycles. The van der Waals surface area contributed by atoms with Gasteiger partial charge in [-0.2, -0.15) is 0 Å². The lowest BCUT2D eigenvalue weighted by molar-refractivity contribution is 0.1000. The second-order valence-corrected chi connectivity index (χ2v) is 4.22. The van der Waals surface area contributed by atoms with E-state index in [0.29, 0.717) is 18.7 Å². The molecule has 1 rings (SSSR count). The zero-order valence-corrected chi connectivity index (χ0v) is 10.8. The maximum absolute atomic E-state index is 11.0. The van der Waals surface area contributed by atoms with E-state index in [1.165, 1.54) is 0 Å². The van der Waals surface area contributed by atoms with Crippen molar-refractivity contribution in [1.29, 1.82) is 0 Å². The van der Waals surface area contributed by atoms with Crippen molar-refractivity contribution in [3.8, 4) is 0 Å². The molecule has 1 aromatic carbocycles. The Morgan fingerprint density at radius 3 is 2.78 bits per heavy atom. The summed E-state index contributed by atoms with van der Waals surface area (Å²) in [7, 11) is 1.59. The second-order valence-electron chi connectivity index (χ2n) is 4.22. The van der Waals surface area contributed by atoms with E-state index in [0.717, 1.165) is 11.1 Å². The molecule has 5 nitrogen and oxygen atoms in total. The molecule has 100 valence electrons. The molecule has 0 saturated carbocycles. The smallest absolute Gasteiger partial charge is 0.248 e. The van der Waals surface area contributed by atoms with Gasteiger partial charge in [-0.3, -0.25) is 4.79 Å². The Labute approximate surface area is 107 Å². The second kappa shape index (κ2) is 7.10. The quantitative estimate of drug-likeness (QED) is 0.647. The first-order valence-electron chi connectivity index (χ1n) is 5.81. The summed E-state index contributed by atoms with van der Waals surface area (Å²) >= 11 is 0. The molecule has 0 bridgehead atoms. The molecule has 1 atom stereocenters. The van der Waals surface area contributed by atoms with Crippen LogP contribution >= 0.6 is 0 Å². The fraction of sp³-hybridized carbons (Fsp3) is 0.462. The Hall–Kier alpha value is -1.43. The molecule has 0 aliphatic carbocycles. The van der Waals surface area contributed by atoms with Crippen molar-refractivity contribution in [3.05, 3.63) is 34.9 Å². The summed E-state index contributed by atoms with van der Waals surface area (Å²) in [4.78, 5) is 11.0. The summed E-state index contributed by atoms with van der Waals surface area (Å²) < 4.78 is 4.98. The van der Waals surface area contributed by atoms with Crippen LogP contribution in [-0.2, 0) is 11.3 Å². The van der Waals surface area contributed by atoms with Gasteiger partial charge in [-0.05, 0) is 30.2 Å². The topological polar surface area (TPSA) is 84.6 Å². The Kier molecular flexibility index (Phi) is 5.77. The predicted molar refractivity (Wildman–Crippen MR) is 69.3 cm³/mol. The normalized spacial score (nSPS) is 12.4. The van der Waals surface area contributed by atoms with Gasteiger partial charge in [0.1, 0.15) is 0 Å². The maximum Gasteiger partial charge on any atom is 0.248 e. The fourth-order valence-electron chi connectivity index (χ4n) is 1.68. The van der Waals surface area contributed by atoms with Crippen molar-refractivity contribution in [2.45, 2.75) is 19.5 Å². The number of aryl methyl sites for hydroxylation is 1. The predicted octanol–water partition coefficient (Wildman–Crippen LogP) is 0.191. The van der Waals surface area contributed by atoms with Gasteiger partial charge in [0, 0.05) is 19.2 Å². The number of nitrogens with one attached hydrogen (secondary N) is 1. The van der Waals surface area contributed by atoms with Crippen LogP contribution in [0.25, 0.3) is 0 Å². The molecule has 18 heavy (non-hydrogen) atoms. The van der Waals surface area contributed by atoms with Gasteiger partial charge < -0.3 is 20.9 Å². The molecule has 0 aliphatic rings. The van der Waals surface area contributed by atoms with E-state index in [1.807, 2.05) is 13.0 Å². The largest absolute Gasteiger partial charge is 0.395 e. The average molecular weight is 252 g/mol. The number of aliphatic hydroxyl groups excluding tert-OH is 1. The number of hydrogen-bond acceptors (Lipinski definition) is 4. The van der Waals surface area contributed by atoms with Crippen LogP contribution in [0.4, 0.5) is 0 Å². The average Bonchev–Trinajstić information content (AvgIpc) is 2.35. The van der Waals surface area contributed by atoms with Gasteiger partial charge in [0.15, 0.2) is 0 Å². The molecule has 1 aromatic rings. The lowest BCUT2D eigenvalue weighted by Crippen LogP contribution is -2.36. The molecule has 4 N–H and O–H groups in total. The zero-order valence-electron chi connectivity index (χ0n) is 10.8. The molecule has 0 aromatic heterocycles. The highest BCUT2D eigenvalue weighted by molar-refractivity contribution is 5.93. The lowest BCUT2D eigenvalue weighted by Gasteiger charge is -2.16. The number of methoxy groups -OCH3 is 1. The van der Waals surface area contributed by atoms with Gasteiger partial charge >= 0.3 is 0 Å². The Morgan fingerprint density at radius 1 is 1.56 bits per heavy atom. The van der Waals surface area contributed by atoms with Crippen molar-refractivity contribution >= 4 is 5.91 Å². The Balaban J connectivity index is 2.65. The van der Waals surface area contributed by atoms with E-state index in [4.69, 9.17) is 15.6 Å². The van der Waals surface area contributed by atoms with Crippen LogP contribution < -0.4 is 11.1 Å². The van der Waals surface area contributed by atoms with Crippen molar-refractivity contribution in [2.75, 3.05) is 20.3 Å². The van der Waals surface area contributed by atoms with Gasteiger partial charge in [0.05, 0.1) is 19.3 Å². The van der Waals surface area contributed by atoms with Gasteiger partial charge in [-0.1, -0.05) is 6.07 Å². The first kappa shape index (κ1) is 14.6. The third-order valence-electron chi connectivity index (χ3n) is 2.80. The number of primary amides is 1. The van der Waals surface area contributed by atoms with E-state index in [2.05, 4.69) is 5.32 Å². The Morgan fingerprint density at radius 2 is 2.28 bits per heavy atom. The first-order chi connectivity index (χ1) is 8.58. The number of ether oxygens (including phenoxy) is 1. The molecule has 0 fully saturated rings. The van der Waals surface area contributed by atoms with Gasteiger partial charge in [0.2, 0.25) is 5.91 Å². The molecule has 1 amide bonds. The van der Waals surface area contributed by atoms with Crippen molar-refractivity contribution in [1.82, 2.24) is 5.32 Å². The third-order valence-corrected chi connectivity index (χ3v) is 2.80. The highest BCUT2D eigenvalue weighted by Crippen LogP contribution is 2.11. The van der Waals surface area contributed by atoms with Crippen molar-refractivity contribution < 1.29 is 14.6 Å². The van der Waals surface area contributed by atoms with Crippen LogP contribution in [0.2, 0.25) is 0 Å². The van der Waals surface area contributed by atoms with E-state index in [-0.39, 0.29) is 12.6 Å². The molecular formula is C13H20N2O3. The third kappa shape index (κ3) is 4.10. The summed E-state index contributed by atoms with van der Waals surface area (Å²) in [5, 5.41) is 12.3. The van der Waals surface area contributed by atoms with Crippen molar-refractivity contribution in [3.63, 3.8) is 0 Å². The standard InChI is InChI=1S/C13H20N2O3/c1-9-5-10(13(14)17)3-4-11(9)6-15-12(7-16)8-18-2/h3-5,12,15-16H,6-8H2,1-2H3,(H2,14,17). The summed E-state index contributed by atoms with van der Waals surface area (Å²) in [5.41, 5.74) is 7.78. The molecule has 0 saturated heterocycles. The number of carbonyl (C=O) groups excluding carboxylic acids is 1. The van der Waals surface area contributed by atoms with Crippen LogP contribution in [0.15, 0.2) is 18.2 Å². The summed E-state index contributed by atoms with van der Waals surface area (Å²) in [6.45, 7) is 3.01. The number of rotatable bonds is 7. The summed E-state index contributed by atoms with van der Waals surface area (Å²) in [5.74, 6) is -0.426. The number of aliphatic hydroxyl groups is 1.